The minimum Gasteiger partial charge on any atom is -0.359 e. The molecule has 0 aromatic rings. The van der Waals surface area contributed by atoms with Crippen LogP contribution in [0.5, 0.6) is 0 Å². The van der Waals surface area contributed by atoms with E-state index in [1.165, 1.54) is 0 Å². The van der Waals surface area contributed by atoms with Crippen LogP contribution < -0.4 is 5.32 Å². The summed E-state index contributed by atoms with van der Waals surface area (Å²) in [5.41, 5.74) is -0.434. The molecule has 0 spiro atoms. The molecule has 4 nitrogen and oxygen atoms in total. The van der Waals surface area contributed by atoms with Gasteiger partial charge in [0, 0.05) is 32.4 Å². The second kappa shape index (κ2) is 4.84. The number of hydrogen-bond acceptors (Lipinski definition) is 2. The van der Waals surface area contributed by atoms with Crippen LogP contribution in [0.25, 0.3) is 0 Å². The average molecular weight is 233 g/mol. The molecule has 1 aliphatic rings. The molecule has 1 atom stereocenters. The molecule has 1 saturated heterocycles. The fraction of sp³-hybridized carbons (Fsp3) is 0.800. The monoisotopic (exact) mass is 232 g/mol. The summed E-state index contributed by atoms with van der Waals surface area (Å²) in [4.78, 5) is 24.9. The molecular weight excluding hydrogens is 216 g/mol. The second-order valence-corrected chi connectivity index (χ2v) is 4.52. The Morgan fingerprint density at radius 3 is 2.73 bits per heavy atom. The molecule has 2 amide bonds. The average Bonchev–Trinajstić information content (AvgIpc) is 2.61. The normalized spacial score (nSPS) is 25.4. The van der Waals surface area contributed by atoms with Gasteiger partial charge in [-0.05, 0) is 13.3 Å². The number of halogens is 1. The number of carbonyl (C=O) groups excluding carboxylic acids is 2. The van der Waals surface area contributed by atoms with E-state index in [0.29, 0.717) is 25.4 Å². The van der Waals surface area contributed by atoms with Gasteiger partial charge < -0.3 is 10.2 Å². The van der Waals surface area contributed by atoms with Crippen LogP contribution in [0.15, 0.2) is 0 Å². The number of alkyl halides is 1. The van der Waals surface area contributed by atoms with Gasteiger partial charge in [0.2, 0.25) is 11.8 Å². The molecule has 1 unspecified atom stereocenters. The van der Waals surface area contributed by atoms with Crippen LogP contribution in [0.3, 0.4) is 0 Å². The third-order valence-electron chi connectivity index (χ3n) is 2.91. The lowest BCUT2D eigenvalue weighted by molar-refractivity contribution is -0.132. The lowest BCUT2D eigenvalue weighted by Gasteiger charge is -2.22. The zero-order valence-corrected chi connectivity index (χ0v) is 9.93. The molecule has 0 saturated carbocycles. The number of amides is 2. The number of nitrogens with zero attached hydrogens (tertiary/aromatic N) is 1. The summed E-state index contributed by atoms with van der Waals surface area (Å²) in [5.74, 6) is 0.382. The highest BCUT2D eigenvalue weighted by Crippen LogP contribution is 2.30. The molecule has 0 aliphatic carbocycles. The molecule has 0 bridgehead atoms. The lowest BCUT2D eigenvalue weighted by atomic mass is 9.89. The summed E-state index contributed by atoms with van der Waals surface area (Å²) in [6.45, 7) is 3.04. The zero-order valence-electron chi connectivity index (χ0n) is 9.18. The molecule has 0 aromatic heterocycles. The minimum absolute atomic E-state index is 0.00340. The van der Waals surface area contributed by atoms with Gasteiger partial charge in [-0.3, -0.25) is 9.59 Å². The van der Waals surface area contributed by atoms with E-state index in [1.54, 1.807) is 11.9 Å². The minimum atomic E-state index is -0.434. The van der Waals surface area contributed by atoms with E-state index < -0.39 is 5.41 Å². The van der Waals surface area contributed by atoms with Crippen molar-refractivity contribution >= 4 is 23.4 Å². The molecule has 86 valence electrons. The first-order valence-electron chi connectivity index (χ1n) is 5.09. The molecular formula is C10H17ClN2O2. The van der Waals surface area contributed by atoms with E-state index in [4.69, 9.17) is 11.6 Å². The molecule has 1 aliphatic heterocycles. The van der Waals surface area contributed by atoms with Crippen LogP contribution in [0.1, 0.15) is 19.8 Å². The first-order chi connectivity index (χ1) is 7.03. The summed E-state index contributed by atoms with van der Waals surface area (Å²) >= 11 is 5.51. The van der Waals surface area contributed by atoms with Crippen molar-refractivity contribution in [1.29, 1.82) is 0 Å². The molecule has 0 radical (unpaired) electrons. The first-order valence-corrected chi connectivity index (χ1v) is 5.63. The van der Waals surface area contributed by atoms with Gasteiger partial charge in [-0.1, -0.05) is 0 Å². The molecule has 1 N–H and O–H groups in total. The Balaban J connectivity index is 2.58. The Bertz CT molecular complexity index is 270. The van der Waals surface area contributed by atoms with Crippen molar-refractivity contribution in [2.24, 2.45) is 5.41 Å². The van der Waals surface area contributed by atoms with Crippen molar-refractivity contribution in [3.63, 3.8) is 0 Å². The maximum Gasteiger partial charge on any atom is 0.227 e. The van der Waals surface area contributed by atoms with Crippen LogP contribution in [-0.4, -0.2) is 42.7 Å². The van der Waals surface area contributed by atoms with Crippen molar-refractivity contribution in [3.8, 4) is 0 Å². The van der Waals surface area contributed by atoms with Gasteiger partial charge in [-0.2, -0.15) is 0 Å². The van der Waals surface area contributed by atoms with Crippen molar-refractivity contribution < 1.29 is 9.59 Å². The topological polar surface area (TPSA) is 49.4 Å². The zero-order chi connectivity index (χ0) is 11.5. The summed E-state index contributed by atoms with van der Waals surface area (Å²) in [7, 11) is 1.62. The van der Waals surface area contributed by atoms with Crippen molar-refractivity contribution in [2.45, 2.75) is 19.8 Å². The number of rotatable bonds is 3. The van der Waals surface area contributed by atoms with Crippen molar-refractivity contribution in [2.75, 3.05) is 26.0 Å². The highest BCUT2D eigenvalue weighted by Gasteiger charge is 2.41. The van der Waals surface area contributed by atoms with E-state index in [0.717, 1.165) is 6.42 Å². The SMILES string of the molecule is CNC(=O)C1(C)CCN(C(=O)CCCl)C1. The van der Waals surface area contributed by atoms with E-state index in [9.17, 15) is 9.59 Å². The van der Waals surface area contributed by atoms with E-state index >= 15 is 0 Å². The van der Waals surface area contributed by atoms with Gasteiger partial charge in [-0.15, -0.1) is 11.6 Å². The predicted octanol–water partition coefficient (Wildman–Crippen LogP) is 0.600. The molecule has 1 heterocycles. The quantitative estimate of drug-likeness (QED) is 0.725. The third-order valence-corrected chi connectivity index (χ3v) is 3.10. The smallest absolute Gasteiger partial charge is 0.227 e. The van der Waals surface area contributed by atoms with Crippen LogP contribution >= 0.6 is 11.6 Å². The van der Waals surface area contributed by atoms with Crippen LogP contribution in [0, 0.1) is 5.41 Å². The van der Waals surface area contributed by atoms with Crippen LogP contribution in [0.2, 0.25) is 0 Å². The third kappa shape index (κ3) is 2.62. The molecule has 5 heteroatoms. The summed E-state index contributed by atoms with van der Waals surface area (Å²) in [6.07, 6.45) is 1.08. The van der Waals surface area contributed by atoms with Gasteiger partial charge in [0.05, 0.1) is 5.41 Å². The highest BCUT2D eigenvalue weighted by atomic mass is 35.5. The highest BCUT2D eigenvalue weighted by molar-refractivity contribution is 6.18. The Kier molecular flexibility index (Phi) is 3.97. The summed E-state index contributed by atoms with van der Waals surface area (Å²) in [5, 5.41) is 2.64. The number of hydrogen-bond donors (Lipinski definition) is 1. The van der Waals surface area contributed by atoms with E-state index in [1.807, 2.05) is 6.92 Å². The molecule has 1 rings (SSSR count). The van der Waals surface area contributed by atoms with Crippen molar-refractivity contribution in [1.82, 2.24) is 10.2 Å². The van der Waals surface area contributed by atoms with Gasteiger partial charge >= 0.3 is 0 Å². The van der Waals surface area contributed by atoms with Crippen LogP contribution in [-0.2, 0) is 9.59 Å². The first kappa shape index (κ1) is 12.3. The standard InChI is InChI=1S/C10H17ClN2O2/c1-10(9(15)12-2)4-6-13(7-10)8(14)3-5-11/h3-7H2,1-2H3,(H,12,15). The Morgan fingerprint density at radius 2 is 2.20 bits per heavy atom. The van der Waals surface area contributed by atoms with Gasteiger partial charge in [0.1, 0.15) is 0 Å². The van der Waals surface area contributed by atoms with Crippen molar-refractivity contribution in [3.05, 3.63) is 0 Å². The fourth-order valence-corrected chi connectivity index (χ4v) is 2.06. The number of carbonyl (C=O) groups is 2. The Labute approximate surface area is 95.0 Å². The van der Waals surface area contributed by atoms with Gasteiger partial charge in [0.15, 0.2) is 0 Å². The van der Waals surface area contributed by atoms with Gasteiger partial charge in [0.25, 0.3) is 0 Å². The largest absolute Gasteiger partial charge is 0.359 e. The second-order valence-electron chi connectivity index (χ2n) is 4.14. The predicted molar refractivity (Wildman–Crippen MR) is 58.7 cm³/mol. The molecule has 0 aromatic carbocycles. The number of likely N-dealkylation sites (tertiary alicyclic amines) is 1. The molecule has 1 fully saturated rings. The van der Waals surface area contributed by atoms with E-state index in [2.05, 4.69) is 5.32 Å². The maximum atomic E-state index is 11.6. The number of nitrogens with one attached hydrogen (secondary N) is 1. The Morgan fingerprint density at radius 1 is 1.53 bits per heavy atom. The maximum absolute atomic E-state index is 11.6. The van der Waals surface area contributed by atoms with Gasteiger partial charge in [-0.25, -0.2) is 0 Å². The molecule has 15 heavy (non-hydrogen) atoms. The summed E-state index contributed by atoms with van der Waals surface area (Å²) in [6, 6.07) is 0. The lowest BCUT2D eigenvalue weighted by Crippen LogP contribution is -2.40. The Hall–Kier alpha value is -0.770. The fourth-order valence-electron chi connectivity index (χ4n) is 1.90. The summed E-state index contributed by atoms with van der Waals surface area (Å²) < 4.78 is 0. The van der Waals surface area contributed by atoms with Crippen LogP contribution in [0.4, 0.5) is 0 Å². The van der Waals surface area contributed by atoms with E-state index in [-0.39, 0.29) is 11.8 Å².